The number of nitrogens with one attached hydrogen (secondary N) is 1. The van der Waals surface area contributed by atoms with Crippen LogP contribution in [-0.4, -0.2) is 49.7 Å². The quantitative estimate of drug-likeness (QED) is 0.619. The molecule has 0 spiro atoms. The molecule has 1 aliphatic rings. The maximum absolute atomic E-state index is 12.2. The molecule has 1 aliphatic heterocycles. The number of rotatable bonds is 10. The number of hydrogen-bond donors (Lipinski definition) is 1. The lowest BCUT2D eigenvalue weighted by atomic mass is 10.0. The SMILES string of the molecule is CCCCOCCCN1CCCC(NCCC)C1=O. The van der Waals surface area contributed by atoms with Crippen molar-refractivity contribution < 1.29 is 9.53 Å². The van der Waals surface area contributed by atoms with Crippen molar-refractivity contribution in [3.05, 3.63) is 0 Å². The summed E-state index contributed by atoms with van der Waals surface area (Å²) in [6.45, 7) is 8.62. The molecule has 4 heteroatoms. The van der Waals surface area contributed by atoms with Crippen LogP contribution in [0.5, 0.6) is 0 Å². The van der Waals surface area contributed by atoms with Crippen molar-refractivity contribution >= 4 is 5.91 Å². The Morgan fingerprint density at radius 3 is 2.79 bits per heavy atom. The number of hydrogen-bond acceptors (Lipinski definition) is 3. The summed E-state index contributed by atoms with van der Waals surface area (Å²) in [5, 5.41) is 3.35. The fraction of sp³-hybridized carbons (Fsp3) is 0.933. The zero-order valence-corrected chi connectivity index (χ0v) is 12.6. The van der Waals surface area contributed by atoms with Gasteiger partial charge in [0.15, 0.2) is 0 Å². The number of piperidine rings is 1. The Kier molecular flexibility index (Phi) is 8.84. The van der Waals surface area contributed by atoms with Crippen molar-refractivity contribution in [2.24, 2.45) is 0 Å². The molecule has 0 bridgehead atoms. The molecule has 0 aromatic heterocycles. The Labute approximate surface area is 117 Å². The van der Waals surface area contributed by atoms with E-state index in [4.69, 9.17) is 4.74 Å². The lowest BCUT2D eigenvalue weighted by molar-refractivity contribution is -0.136. The van der Waals surface area contributed by atoms with Gasteiger partial charge in [-0.25, -0.2) is 0 Å². The summed E-state index contributed by atoms with van der Waals surface area (Å²) >= 11 is 0. The number of amides is 1. The zero-order chi connectivity index (χ0) is 13.9. The fourth-order valence-corrected chi connectivity index (χ4v) is 2.38. The van der Waals surface area contributed by atoms with Gasteiger partial charge in [-0.2, -0.15) is 0 Å². The Bertz CT molecular complexity index is 246. The normalized spacial score (nSPS) is 20.0. The molecule has 0 saturated carbocycles. The summed E-state index contributed by atoms with van der Waals surface area (Å²) in [5.41, 5.74) is 0. The van der Waals surface area contributed by atoms with Gasteiger partial charge in [0.05, 0.1) is 6.04 Å². The van der Waals surface area contributed by atoms with Gasteiger partial charge >= 0.3 is 0 Å². The van der Waals surface area contributed by atoms with Crippen molar-refractivity contribution in [1.29, 1.82) is 0 Å². The van der Waals surface area contributed by atoms with Crippen LogP contribution < -0.4 is 5.32 Å². The molecule has 1 saturated heterocycles. The third-order valence-electron chi connectivity index (χ3n) is 3.53. The Hall–Kier alpha value is -0.610. The summed E-state index contributed by atoms with van der Waals surface area (Å²) in [6.07, 6.45) is 6.44. The largest absolute Gasteiger partial charge is 0.381 e. The van der Waals surface area contributed by atoms with Gasteiger partial charge in [-0.15, -0.1) is 0 Å². The first-order valence-corrected chi connectivity index (χ1v) is 7.89. The molecule has 4 nitrogen and oxygen atoms in total. The van der Waals surface area contributed by atoms with Gasteiger partial charge in [-0.3, -0.25) is 4.79 Å². The molecule has 1 atom stereocenters. The van der Waals surface area contributed by atoms with Crippen molar-refractivity contribution in [2.45, 2.75) is 58.4 Å². The van der Waals surface area contributed by atoms with Gasteiger partial charge in [0, 0.05) is 26.3 Å². The highest BCUT2D eigenvalue weighted by Crippen LogP contribution is 2.12. The Morgan fingerprint density at radius 1 is 1.26 bits per heavy atom. The lowest BCUT2D eigenvalue weighted by Crippen LogP contribution is -2.51. The minimum absolute atomic E-state index is 0.0507. The van der Waals surface area contributed by atoms with Crippen LogP contribution in [0.25, 0.3) is 0 Å². The van der Waals surface area contributed by atoms with E-state index in [1.807, 2.05) is 4.90 Å². The number of carbonyl (C=O) groups excluding carboxylic acids is 1. The highest BCUT2D eigenvalue weighted by molar-refractivity contribution is 5.82. The van der Waals surface area contributed by atoms with E-state index in [0.29, 0.717) is 0 Å². The van der Waals surface area contributed by atoms with E-state index in [0.717, 1.165) is 65.0 Å². The Balaban J connectivity index is 2.16. The van der Waals surface area contributed by atoms with Crippen LogP contribution in [-0.2, 0) is 9.53 Å². The highest BCUT2D eigenvalue weighted by Gasteiger charge is 2.27. The molecule has 0 aliphatic carbocycles. The fourth-order valence-electron chi connectivity index (χ4n) is 2.38. The second-order valence-corrected chi connectivity index (χ2v) is 5.29. The number of ether oxygens (including phenoxy) is 1. The average molecular weight is 270 g/mol. The van der Waals surface area contributed by atoms with Gasteiger partial charge in [0.1, 0.15) is 0 Å². The first-order valence-electron chi connectivity index (χ1n) is 7.89. The maximum atomic E-state index is 12.2. The second-order valence-electron chi connectivity index (χ2n) is 5.29. The van der Waals surface area contributed by atoms with E-state index in [1.165, 1.54) is 6.42 Å². The summed E-state index contributed by atoms with van der Waals surface area (Å²) in [6, 6.07) is 0.0507. The van der Waals surface area contributed by atoms with Crippen LogP contribution in [0.15, 0.2) is 0 Å². The predicted molar refractivity (Wildman–Crippen MR) is 78.2 cm³/mol. The summed E-state index contributed by atoms with van der Waals surface area (Å²) in [5.74, 6) is 0.285. The van der Waals surface area contributed by atoms with Gasteiger partial charge in [0.25, 0.3) is 0 Å². The molecular weight excluding hydrogens is 240 g/mol. The topological polar surface area (TPSA) is 41.6 Å². The van der Waals surface area contributed by atoms with E-state index < -0.39 is 0 Å². The van der Waals surface area contributed by atoms with Crippen LogP contribution in [0.1, 0.15) is 52.4 Å². The molecule has 1 heterocycles. The second kappa shape index (κ2) is 10.2. The minimum atomic E-state index is 0.0507. The summed E-state index contributed by atoms with van der Waals surface area (Å²) in [7, 11) is 0. The molecule has 1 N–H and O–H groups in total. The van der Waals surface area contributed by atoms with Crippen LogP contribution in [0.3, 0.4) is 0 Å². The van der Waals surface area contributed by atoms with Gasteiger partial charge in [-0.05, 0) is 38.6 Å². The molecule has 0 aromatic carbocycles. The van der Waals surface area contributed by atoms with Crippen molar-refractivity contribution in [3.8, 4) is 0 Å². The van der Waals surface area contributed by atoms with Crippen LogP contribution in [0.2, 0.25) is 0 Å². The van der Waals surface area contributed by atoms with E-state index in [2.05, 4.69) is 19.2 Å². The van der Waals surface area contributed by atoms with E-state index in [-0.39, 0.29) is 11.9 Å². The third-order valence-corrected chi connectivity index (χ3v) is 3.53. The number of carbonyl (C=O) groups is 1. The van der Waals surface area contributed by atoms with Crippen LogP contribution in [0.4, 0.5) is 0 Å². The van der Waals surface area contributed by atoms with E-state index in [9.17, 15) is 4.79 Å². The number of unbranched alkanes of at least 4 members (excludes halogenated alkanes) is 1. The molecule has 1 rings (SSSR count). The third kappa shape index (κ3) is 6.39. The summed E-state index contributed by atoms with van der Waals surface area (Å²) in [4.78, 5) is 14.2. The zero-order valence-electron chi connectivity index (χ0n) is 12.6. The Morgan fingerprint density at radius 2 is 2.05 bits per heavy atom. The van der Waals surface area contributed by atoms with Gasteiger partial charge in [-0.1, -0.05) is 20.3 Å². The molecule has 1 unspecified atom stereocenters. The molecular formula is C15H30N2O2. The van der Waals surface area contributed by atoms with Gasteiger partial charge in [0.2, 0.25) is 5.91 Å². The average Bonchev–Trinajstić information content (AvgIpc) is 2.43. The number of likely N-dealkylation sites (tertiary alicyclic amines) is 1. The first-order chi connectivity index (χ1) is 9.29. The molecule has 0 aromatic rings. The van der Waals surface area contributed by atoms with Gasteiger partial charge < -0.3 is 15.0 Å². The number of nitrogens with zero attached hydrogens (tertiary/aromatic N) is 1. The van der Waals surface area contributed by atoms with Crippen LogP contribution in [0, 0.1) is 0 Å². The molecule has 1 amide bonds. The molecule has 19 heavy (non-hydrogen) atoms. The lowest BCUT2D eigenvalue weighted by Gasteiger charge is -2.32. The van der Waals surface area contributed by atoms with Crippen molar-refractivity contribution in [1.82, 2.24) is 10.2 Å². The molecule has 112 valence electrons. The highest BCUT2D eigenvalue weighted by atomic mass is 16.5. The monoisotopic (exact) mass is 270 g/mol. The smallest absolute Gasteiger partial charge is 0.239 e. The van der Waals surface area contributed by atoms with E-state index in [1.54, 1.807) is 0 Å². The summed E-state index contributed by atoms with van der Waals surface area (Å²) < 4.78 is 5.54. The first kappa shape index (κ1) is 16.4. The van der Waals surface area contributed by atoms with Crippen molar-refractivity contribution in [3.63, 3.8) is 0 Å². The van der Waals surface area contributed by atoms with Crippen LogP contribution >= 0.6 is 0 Å². The molecule has 1 fully saturated rings. The predicted octanol–water partition coefficient (Wildman–Crippen LogP) is 2.18. The van der Waals surface area contributed by atoms with E-state index >= 15 is 0 Å². The standard InChI is InChI=1S/C15H30N2O2/c1-3-5-12-19-13-7-11-17-10-6-8-14(15(17)18)16-9-4-2/h14,16H,3-13H2,1-2H3. The molecule has 0 radical (unpaired) electrons. The minimum Gasteiger partial charge on any atom is -0.381 e. The van der Waals surface area contributed by atoms with Crippen molar-refractivity contribution in [2.75, 3.05) is 32.8 Å². The maximum Gasteiger partial charge on any atom is 0.239 e.